The van der Waals surface area contributed by atoms with Crippen LogP contribution >= 0.6 is 0 Å². The number of carbonyl (C=O) groups excluding carboxylic acids is 1. The maximum absolute atomic E-state index is 12.8. The first-order chi connectivity index (χ1) is 14.6. The summed E-state index contributed by atoms with van der Waals surface area (Å²) in [4.78, 5) is 12.8. The number of carbonyl (C=O) groups is 1. The van der Waals surface area contributed by atoms with Gasteiger partial charge in [-0.2, -0.15) is 0 Å². The predicted molar refractivity (Wildman–Crippen MR) is 118 cm³/mol. The van der Waals surface area contributed by atoms with Crippen molar-refractivity contribution < 1.29 is 14.3 Å². The molecule has 4 rings (SSSR count). The number of rotatable bonds is 7. The minimum absolute atomic E-state index is 0.0843. The summed E-state index contributed by atoms with van der Waals surface area (Å²) in [6, 6.07) is 22.2. The third kappa shape index (κ3) is 4.65. The molecule has 4 nitrogen and oxygen atoms in total. The van der Waals surface area contributed by atoms with Gasteiger partial charge < -0.3 is 14.8 Å². The molecule has 0 heterocycles. The van der Waals surface area contributed by atoms with Gasteiger partial charge in [0.25, 0.3) is 5.91 Å². The first-order valence-corrected chi connectivity index (χ1v) is 10.4. The lowest BCUT2D eigenvalue weighted by Crippen LogP contribution is -2.35. The lowest BCUT2D eigenvalue weighted by molar-refractivity contribution is 0.0938. The Labute approximate surface area is 177 Å². The molecule has 154 valence electrons. The number of benzene rings is 3. The maximum Gasteiger partial charge on any atom is 0.251 e. The second kappa shape index (κ2) is 9.04. The van der Waals surface area contributed by atoms with E-state index in [0.29, 0.717) is 23.7 Å². The van der Waals surface area contributed by atoms with Crippen molar-refractivity contribution in [1.82, 2.24) is 5.32 Å². The van der Waals surface area contributed by atoms with E-state index >= 15 is 0 Å². The number of hydrogen-bond donors (Lipinski definition) is 1. The fraction of sp³-hybridized carbons (Fsp3) is 0.269. The molecule has 0 radical (unpaired) electrons. The third-order valence-corrected chi connectivity index (χ3v) is 5.54. The minimum Gasteiger partial charge on any atom is -0.493 e. The van der Waals surface area contributed by atoms with Crippen LogP contribution in [0.1, 0.15) is 32.6 Å². The smallest absolute Gasteiger partial charge is 0.251 e. The molecule has 0 aliphatic heterocycles. The molecule has 0 unspecified atom stereocenters. The van der Waals surface area contributed by atoms with Crippen molar-refractivity contribution in [1.29, 1.82) is 0 Å². The number of amides is 1. The van der Waals surface area contributed by atoms with Gasteiger partial charge in [-0.1, -0.05) is 54.1 Å². The van der Waals surface area contributed by atoms with Crippen LogP contribution in [-0.4, -0.2) is 25.7 Å². The van der Waals surface area contributed by atoms with Crippen LogP contribution in [-0.2, 0) is 19.3 Å². The van der Waals surface area contributed by atoms with Crippen LogP contribution < -0.4 is 14.8 Å². The van der Waals surface area contributed by atoms with Gasteiger partial charge in [0.05, 0.1) is 13.7 Å². The van der Waals surface area contributed by atoms with E-state index in [1.807, 2.05) is 12.1 Å². The summed E-state index contributed by atoms with van der Waals surface area (Å²) in [5.41, 5.74) is 5.68. The highest BCUT2D eigenvalue weighted by atomic mass is 16.5. The number of ether oxygens (including phenoxy) is 2. The molecule has 1 N–H and O–H groups in total. The van der Waals surface area contributed by atoms with E-state index in [-0.39, 0.29) is 11.9 Å². The normalized spacial score (nSPS) is 13.0. The molecule has 3 aromatic carbocycles. The summed E-state index contributed by atoms with van der Waals surface area (Å²) in [6.45, 7) is 2.60. The van der Waals surface area contributed by atoms with Crippen molar-refractivity contribution in [2.24, 2.45) is 0 Å². The average Bonchev–Trinajstić information content (AvgIpc) is 3.16. The Morgan fingerprint density at radius 1 is 0.967 bits per heavy atom. The van der Waals surface area contributed by atoms with Gasteiger partial charge in [0.2, 0.25) is 0 Å². The Kier molecular flexibility index (Phi) is 6.03. The second-order valence-corrected chi connectivity index (χ2v) is 7.80. The zero-order valence-electron chi connectivity index (χ0n) is 17.5. The largest absolute Gasteiger partial charge is 0.493 e. The summed E-state index contributed by atoms with van der Waals surface area (Å²) < 4.78 is 11.4. The first kappa shape index (κ1) is 20.0. The van der Waals surface area contributed by atoms with Crippen LogP contribution in [0.15, 0.2) is 66.7 Å². The summed E-state index contributed by atoms with van der Waals surface area (Å²) >= 11 is 0. The minimum atomic E-state index is -0.0843. The van der Waals surface area contributed by atoms with E-state index in [1.54, 1.807) is 25.3 Å². The van der Waals surface area contributed by atoms with Crippen molar-refractivity contribution in [3.8, 4) is 11.5 Å². The fourth-order valence-electron chi connectivity index (χ4n) is 4.01. The van der Waals surface area contributed by atoms with E-state index in [9.17, 15) is 4.79 Å². The number of nitrogens with one attached hydrogen (secondary N) is 1. The van der Waals surface area contributed by atoms with Gasteiger partial charge in [-0.3, -0.25) is 4.79 Å². The van der Waals surface area contributed by atoms with Crippen molar-refractivity contribution in [3.05, 3.63) is 94.5 Å². The maximum atomic E-state index is 12.8. The highest BCUT2D eigenvalue weighted by molar-refractivity contribution is 5.95. The van der Waals surface area contributed by atoms with Crippen molar-refractivity contribution in [3.63, 3.8) is 0 Å². The molecule has 0 fully saturated rings. The molecule has 4 heteroatoms. The number of methoxy groups -OCH3 is 1. The van der Waals surface area contributed by atoms with Crippen LogP contribution in [0.5, 0.6) is 11.5 Å². The van der Waals surface area contributed by atoms with Gasteiger partial charge in [0.1, 0.15) is 0 Å². The zero-order chi connectivity index (χ0) is 20.9. The molecule has 0 spiro atoms. The van der Waals surface area contributed by atoms with Gasteiger partial charge in [0, 0.05) is 18.0 Å². The molecule has 0 saturated heterocycles. The fourth-order valence-corrected chi connectivity index (χ4v) is 4.01. The lowest BCUT2D eigenvalue weighted by atomic mass is 10.1. The Morgan fingerprint density at radius 3 is 2.43 bits per heavy atom. The van der Waals surface area contributed by atoms with E-state index in [4.69, 9.17) is 9.47 Å². The molecule has 1 aliphatic carbocycles. The van der Waals surface area contributed by atoms with Crippen LogP contribution in [0.25, 0.3) is 0 Å². The van der Waals surface area contributed by atoms with Gasteiger partial charge in [-0.05, 0) is 54.7 Å². The molecule has 1 amide bonds. The molecule has 0 atom stereocenters. The Morgan fingerprint density at radius 2 is 1.73 bits per heavy atom. The average molecular weight is 402 g/mol. The standard InChI is InChI=1S/C26H27NO3/c1-18-6-5-7-19(14-18)12-13-30-25-17-22(10-11-24(25)29-2)26(28)27-23-15-20-8-3-4-9-21(20)16-23/h3-11,14,17,23H,12-13,15-16H2,1-2H3,(H,27,28). The van der Waals surface area contributed by atoms with Crippen molar-refractivity contribution in [2.45, 2.75) is 32.2 Å². The third-order valence-electron chi connectivity index (χ3n) is 5.54. The van der Waals surface area contributed by atoms with Crippen LogP contribution in [0.2, 0.25) is 0 Å². The monoisotopic (exact) mass is 401 g/mol. The molecule has 30 heavy (non-hydrogen) atoms. The Balaban J connectivity index is 1.40. The summed E-state index contributed by atoms with van der Waals surface area (Å²) in [7, 11) is 1.61. The Bertz CT molecular complexity index is 1020. The van der Waals surface area contributed by atoms with Gasteiger partial charge in [-0.25, -0.2) is 0 Å². The van der Waals surface area contributed by atoms with Crippen molar-refractivity contribution in [2.75, 3.05) is 13.7 Å². The highest BCUT2D eigenvalue weighted by Crippen LogP contribution is 2.29. The second-order valence-electron chi connectivity index (χ2n) is 7.80. The van der Waals surface area contributed by atoms with Gasteiger partial charge in [-0.15, -0.1) is 0 Å². The molecular formula is C26H27NO3. The highest BCUT2D eigenvalue weighted by Gasteiger charge is 2.23. The predicted octanol–water partition coefficient (Wildman–Crippen LogP) is 4.52. The first-order valence-electron chi connectivity index (χ1n) is 10.4. The van der Waals surface area contributed by atoms with Gasteiger partial charge >= 0.3 is 0 Å². The SMILES string of the molecule is COc1ccc(C(=O)NC2Cc3ccccc3C2)cc1OCCc1cccc(C)c1. The van der Waals surface area contributed by atoms with E-state index in [1.165, 1.54) is 22.3 Å². The molecule has 0 aromatic heterocycles. The topological polar surface area (TPSA) is 47.6 Å². The molecule has 0 saturated carbocycles. The van der Waals surface area contributed by atoms with Crippen LogP contribution in [0.3, 0.4) is 0 Å². The van der Waals surface area contributed by atoms with E-state index in [2.05, 4.69) is 48.6 Å². The van der Waals surface area contributed by atoms with Crippen molar-refractivity contribution >= 4 is 5.91 Å². The summed E-state index contributed by atoms with van der Waals surface area (Å²) in [5.74, 6) is 1.13. The molecule has 3 aromatic rings. The van der Waals surface area contributed by atoms with E-state index < -0.39 is 0 Å². The summed E-state index contributed by atoms with van der Waals surface area (Å²) in [5, 5.41) is 3.16. The van der Waals surface area contributed by atoms with Crippen LogP contribution in [0, 0.1) is 6.92 Å². The van der Waals surface area contributed by atoms with Crippen LogP contribution in [0.4, 0.5) is 0 Å². The lowest BCUT2D eigenvalue weighted by Gasteiger charge is -2.15. The Hall–Kier alpha value is -3.27. The number of fused-ring (bicyclic) bond motifs is 1. The molecule has 0 bridgehead atoms. The van der Waals surface area contributed by atoms with E-state index in [0.717, 1.165) is 19.3 Å². The number of aryl methyl sites for hydroxylation is 1. The zero-order valence-corrected chi connectivity index (χ0v) is 17.5. The molecule has 1 aliphatic rings. The van der Waals surface area contributed by atoms with Gasteiger partial charge in [0.15, 0.2) is 11.5 Å². The number of hydrogen-bond acceptors (Lipinski definition) is 3. The molecular weight excluding hydrogens is 374 g/mol. The quantitative estimate of drug-likeness (QED) is 0.633. The summed E-state index contributed by atoms with van der Waals surface area (Å²) in [6.07, 6.45) is 2.54.